The van der Waals surface area contributed by atoms with Crippen LogP contribution in [-0.4, -0.2) is 36.8 Å². The van der Waals surface area contributed by atoms with E-state index in [0.29, 0.717) is 15.4 Å². The van der Waals surface area contributed by atoms with Crippen LogP contribution >= 0.6 is 11.3 Å². The number of rotatable bonds is 7. The lowest BCUT2D eigenvalue weighted by atomic mass is 10.2. The van der Waals surface area contributed by atoms with E-state index in [9.17, 15) is 22.4 Å². The van der Waals surface area contributed by atoms with Gasteiger partial charge in [0.2, 0.25) is 0 Å². The van der Waals surface area contributed by atoms with E-state index < -0.39 is 24.5 Å². The van der Waals surface area contributed by atoms with E-state index in [2.05, 4.69) is 15.0 Å². The maximum Gasteiger partial charge on any atom is 0.411 e. The molecule has 0 spiro atoms. The minimum atomic E-state index is -4.35. The van der Waals surface area contributed by atoms with Crippen molar-refractivity contribution in [3.8, 4) is 10.6 Å². The van der Waals surface area contributed by atoms with Crippen LogP contribution in [0.3, 0.4) is 0 Å². The van der Waals surface area contributed by atoms with E-state index in [0.717, 1.165) is 11.3 Å². The zero-order valence-electron chi connectivity index (χ0n) is 12.4. The summed E-state index contributed by atoms with van der Waals surface area (Å²) in [5, 5.41) is 2.93. The Bertz CT molecular complexity index is 688. The first-order valence-electron chi connectivity index (χ1n) is 7.00. The predicted octanol–water partition coefficient (Wildman–Crippen LogP) is 3.65. The maximum atomic E-state index is 13.7. The second-order valence-corrected chi connectivity index (χ2v) is 5.82. The van der Waals surface area contributed by atoms with Crippen LogP contribution in [0.25, 0.3) is 10.6 Å². The Hall–Kier alpha value is -2.00. The number of alkyl halides is 3. The summed E-state index contributed by atoms with van der Waals surface area (Å²) in [5.74, 6) is -0.841. The fraction of sp³-hybridized carbons (Fsp3) is 0.333. The highest BCUT2D eigenvalue weighted by Crippen LogP contribution is 2.27. The molecular formula is C15H14F4N2O2S. The quantitative estimate of drug-likeness (QED) is 0.604. The van der Waals surface area contributed by atoms with Gasteiger partial charge in [0.1, 0.15) is 22.3 Å². The molecule has 9 heteroatoms. The molecule has 1 aromatic carbocycles. The van der Waals surface area contributed by atoms with Crippen molar-refractivity contribution in [2.45, 2.75) is 12.6 Å². The molecule has 2 rings (SSSR count). The lowest BCUT2D eigenvalue weighted by Gasteiger charge is -2.07. The van der Waals surface area contributed by atoms with Gasteiger partial charge < -0.3 is 10.1 Å². The third-order valence-electron chi connectivity index (χ3n) is 2.85. The van der Waals surface area contributed by atoms with Gasteiger partial charge in [0.15, 0.2) is 0 Å². The summed E-state index contributed by atoms with van der Waals surface area (Å²) in [6.07, 6.45) is -2.77. The normalized spacial score (nSPS) is 11.5. The van der Waals surface area contributed by atoms with Crippen molar-refractivity contribution < 1.29 is 27.1 Å². The molecule has 0 aliphatic carbocycles. The molecule has 0 saturated carbocycles. The summed E-state index contributed by atoms with van der Waals surface area (Å²) in [5.41, 5.74) is 0.308. The van der Waals surface area contributed by atoms with Crippen molar-refractivity contribution in [1.29, 1.82) is 0 Å². The third-order valence-corrected chi connectivity index (χ3v) is 3.88. The van der Waals surface area contributed by atoms with Gasteiger partial charge in [0.05, 0.1) is 6.20 Å². The highest BCUT2D eigenvalue weighted by Gasteiger charge is 2.27. The molecule has 0 bridgehead atoms. The van der Waals surface area contributed by atoms with Gasteiger partial charge in [-0.25, -0.2) is 9.37 Å². The van der Waals surface area contributed by atoms with E-state index >= 15 is 0 Å². The molecule has 0 radical (unpaired) electrons. The number of carbonyl (C=O) groups is 1. The summed E-state index contributed by atoms with van der Waals surface area (Å²) < 4.78 is 53.7. The zero-order chi connectivity index (χ0) is 17.6. The van der Waals surface area contributed by atoms with Crippen molar-refractivity contribution in [3.05, 3.63) is 41.2 Å². The van der Waals surface area contributed by atoms with Crippen molar-refractivity contribution in [3.63, 3.8) is 0 Å². The SMILES string of the molecule is O=C(NCCCOCC(F)(F)F)c1cnc(-c2ccccc2F)s1. The molecular weight excluding hydrogens is 348 g/mol. The Morgan fingerprint density at radius 1 is 1.29 bits per heavy atom. The Morgan fingerprint density at radius 3 is 2.75 bits per heavy atom. The van der Waals surface area contributed by atoms with Crippen molar-refractivity contribution in [2.24, 2.45) is 0 Å². The maximum absolute atomic E-state index is 13.7. The second-order valence-electron chi connectivity index (χ2n) is 4.79. The molecule has 0 saturated heterocycles. The number of amides is 1. The Balaban J connectivity index is 1.79. The number of aromatic nitrogens is 1. The van der Waals surface area contributed by atoms with Crippen LogP contribution in [0.2, 0.25) is 0 Å². The molecule has 0 aliphatic rings. The van der Waals surface area contributed by atoms with E-state index in [1.807, 2.05) is 0 Å². The number of nitrogens with zero attached hydrogens (tertiary/aromatic N) is 1. The minimum Gasteiger partial charge on any atom is -0.372 e. The summed E-state index contributed by atoms with van der Waals surface area (Å²) in [6, 6.07) is 6.09. The van der Waals surface area contributed by atoms with Gasteiger partial charge in [-0.15, -0.1) is 11.3 Å². The lowest BCUT2D eigenvalue weighted by molar-refractivity contribution is -0.173. The summed E-state index contributed by atoms with van der Waals surface area (Å²) in [6.45, 7) is -1.24. The molecule has 24 heavy (non-hydrogen) atoms. The highest BCUT2D eigenvalue weighted by atomic mass is 32.1. The molecule has 0 unspecified atom stereocenters. The van der Waals surface area contributed by atoms with Gasteiger partial charge in [0.25, 0.3) is 5.91 Å². The first-order valence-corrected chi connectivity index (χ1v) is 7.82. The van der Waals surface area contributed by atoms with Crippen LogP contribution in [-0.2, 0) is 4.74 Å². The summed E-state index contributed by atoms with van der Waals surface area (Å²) in [7, 11) is 0. The number of hydrogen-bond acceptors (Lipinski definition) is 4. The van der Waals surface area contributed by atoms with E-state index in [-0.39, 0.29) is 19.6 Å². The molecule has 1 aromatic heterocycles. The molecule has 1 amide bonds. The van der Waals surface area contributed by atoms with E-state index in [1.54, 1.807) is 18.2 Å². The molecule has 4 nitrogen and oxygen atoms in total. The monoisotopic (exact) mass is 362 g/mol. The molecule has 130 valence electrons. The fourth-order valence-electron chi connectivity index (χ4n) is 1.79. The molecule has 1 heterocycles. The first-order chi connectivity index (χ1) is 11.4. The molecule has 0 aliphatic heterocycles. The first kappa shape index (κ1) is 18.3. The van der Waals surface area contributed by atoms with Gasteiger partial charge in [-0.05, 0) is 18.6 Å². The van der Waals surface area contributed by atoms with Crippen LogP contribution in [0.15, 0.2) is 30.5 Å². The number of halogens is 4. The average molecular weight is 362 g/mol. The standard InChI is InChI=1S/C15H14F4N2O2S/c16-11-5-2-1-4-10(11)14-21-8-12(24-14)13(22)20-6-3-7-23-9-15(17,18)19/h1-2,4-5,8H,3,6-7,9H2,(H,20,22). The van der Waals surface area contributed by atoms with Crippen LogP contribution in [0.1, 0.15) is 16.1 Å². The van der Waals surface area contributed by atoms with Gasteiger partial charge in [0, 0.05) is 18.7 Å². The smallest absolute Gasteiger partial charge is 0.372 e. The summed E-state index contributed by atoms with van der Waals surface area (Å²) in [4.78, 5) is 16.2. The number of nitrogens with one attached hydrogen (secondary N) is 1. The number of hydrogen-bond donors (Lipinski definition) is 1. The lowest BCUT2D eigenvalue weighted by Crippen LogP contribution is -2.25. The van der Waals surface area contributed by atoms with Gasteiger partial charge in [-0.1, -0.05) is 12.1 Å². The Kier molecular flexibility index (Phi) is 6.27. The van der Waals surface area contributed by atoms with E-state index in [4.69, 9.17) is 0 Å². The zero-order valence-corrected chi connectivity index (χ0v) is 13.2. The molecule has 0 fully saturated rings. The minimum absolute atomic E-state index is 0.108. The predicted molar refractivity (Wildman–Crippen MR) is 81.3 cm³/mol. The van der Waals surface area contributed by atoms with Crippen molar-refractivity contribution >= 4 is 17.2 Å². The van der Waals surface area contributed by atoms with Gasteiger partial charge in [-0.2, -0.15) is 13.2 Å². The van der Waals surface area contributed by atoms with Crippen LogP contribution in [0.4, 0.5) is 17.6 Å². The van der Waals surface area contributed by atoms with Crippen LogP contribution in [0.5, 0.6) is 0 Å². The Labute approximate surface area is 139 Å². The molecule has 2 aromatic rings. The van der Waals surface area contributed by atoms with Gasteiger partial charge >= 0.3 is 6.18 Å². The largest absolute Gasteiger partial charge is 0.411 e. The van der Waals surface area contributed by atoms with Crippen molar-refractivity contribution in [1.82, 2.24) is 10.3 Å². The summed E-state index contributed by atoms with van der Waals surface area (Å²) >= 11 is 1.04. The highest BCUT2D eigenvalue weighted by molar-refractivity contribution is 7.16. The number of thiazole rings is 1. The second kappa shape index (κ2) is 8.20. The third kappa shape index (κ3) is 5.57. The molecule has 1 N–H and O–H groups in total. The van der Waals surface area contributed by atoms with Crippen molar-refractivity contribution in [2.75, 3.05) is 19.8 Å². The number of ether oxygens (including phenoxy) is 1. The number of benzene rings is 1. The molecule has 0 atom stereocenters. The Morgan fingerprint density at radius 2 is 2.04 bits per heavy atom. The fourth-order valence-corrected chi connectivity index (χ4v) is 2.65. The van der Waals surface area contributed by atoms with Crippen LogP contribution < -0.4 is 5.32 Å². The number of carbonyl (C=O) groups excluding carboxylic acids is 1. The van der Waals surface area contributed by atoms with E-state index in [1.165, 1.54) is 12.3 Å². The van der Waals surface area contributed by atoms with Gasteiger partial charge in [-0.3, -0.25) is 4.79 Å². The average Bonchev–Trinajstić information content (AvgIpc) is 2.99. The topological polar surface area (TPSA) is 51.2 Å². The van der Waals surface area contributed by atoms with Crippen LogP contribution in [0, 0.1) is 5.82 Å².